The lowest BCUT2D eigenvalue weighted by atomic mass is 9.83. The van der Waals surface area contributed by atoms with Gasteiger partial charge in [0.25, 0.3) is 0 Å². The van der Waals surface area contributed by atoms with E-state index in [1.54, 1.807) is 44.2 Å². The van der Waals surface area contributed by atoms with E-state index in [9.17, 15) is 9.18 Å². The fourth-order valence-corrected chi connectivity index (χ4v) is 1.94. The quantitative estimate of drug-likeness (QED) is 0.875. The Hall–Kier alpha value is -1.94. The fourth-order valence-electron chi connectivity index (χ4n) is 1.83. The Labute approximate surface area is 121 Å². The van der Waals surface area contributed by atoms with Gasteiger partial charge in [0, 0.05) is 5.56 Å². The minimum atomic E-state index is -0.995. The highest BCUT2D eigenvalue weighted by Crippen LogP contribution is 2.27. The van der Waals surface area contributed by atoms with E-state index >= 15 is 0 Å². The van der Waals surface area contributed by atoms with Crippen molar-refractivity contribution in [1.82, 2.24) is 4.98 Å². The summed E-state index contributed by atoms with van der Waals surface area (Å²) in [6.07, 6.45) is 1.46. The maximum atomic E-state index is 13.8. The molecule has 104 valence electrons. The summed E-state index contributed by atoms with van der Waals surface area (Å²) >= 11 is 5.68. The molecule has 2 aromatic rings. The van der Waals surface area contributed by atoms with Crippen LogP contribution in [-0.4, -0.2) is 10.9 Å². The molecule has 0 aliphatic carbocycles. The lowest BCUT2D eigenvalue weighted by molar-refractivity contribution is -0.120. The van der Waals surface area contributed by atoms with E-state index < -0.39 is 11.2 Å². The Bertz CT molecular complexity index is 626. The zero-order chi connectivity index (χ0) is 14.8. The first-order valence-electron chi connectivity index (χ1n) is 6.09. The van der Waals surface area contributed by atoms with E-state index in [2.05, 4.69) is 10.3 Å². The van der Waals surface area contributed by atoms with Gasteiger partial charge in [-0.3, -0.25) is 4.79 Å². The average molecular weight is 293 g/mol. The number of halogens is 2. The molecule has 0 aliphatic heterocycles. The molecule has 1 aromatic carbocycles. The van der Waals surface area contributed by atoms with E-state index in [4.69, 9.17) is 11.6 Å². The molecule has 0 saturated heterocycles. The smallest absolute Gasteiger partial charge is 0.234 e. The Morgan fingerprint density at radius 1 is 1.25 bits per heavy atom. The van der Waals surface area contributed by atoms with Crippen LogP contribution in [-0.2, 0) is 10.2 Å². The molecule has 0 bridgehead atoms. The van der Waals surface area contributed by atoms with Gasteiger partial charge in [-0.2, -0.15) is 0 Å². The highest BCUT2D eigenvalue weighted by atomic mass is 35.5. The number of hydrogen-bond acceptors (Lipinski definition) is 2. The molecule has 0 radical (unpaired) electrons. The van der Waals surface area contributed by atoms with Crippen LogP contribution in [0.3, 0.4) is 0 Å². The van der Waals surface area contributed by atoms with Crippen molar-refractivity contribution in [3.63, 3.8) is 0 Å². The van der Waals surface area contributed by atoms with Gasteiger partial charge in [-0.15, -0.1) is 0 Å². The summed E-state index contributed by atoms with van der Waals surface area (Å²) in [5.74, 6) is -0.714. The standard InChI is InChI=1S/C15H14ClFN2O/c1-15(2,11-5-3-4-6-12(11)17)14(20)19-10-7-8-13(16)18-9-10/h3-9H,1-2H3,(H,19,20). The highest BCUT2D eigenvalue weighted by molar-refractivity contribution is 6.29. The molecule has 0 aliphatic rings. The Morgan fingerprint density at radius 3 is 2.55 bits per heavy atom. The van der Waals surface area contributed by atoms with Crippen LogP contribution in [0.2, 0.25) is 5.15 Å². The van der Waals surface area contributed by atoms with Crippen LogP contribution in [0.15, 0.2) is 42.6 Å². The molecule has 2 rings (SSSR count). The third-order valence-corrected chi connectivity index (χ3v) is 3.32. The number of carbonyl (C=O) groups excluding carboxylic acids is 1. The molecule has 5 heteroatoms. The first-order chi connectivity index (χ1) is 9.41. The summed E-state index contributed by atoms with van der Waals surface area (Å²) in [4.78, 5) is 16.2. The molecule has 0 saturated carbocycles. The number of amides is 1. The molecule has 1 aromatic heterocycles. The zero-order valence-corrected chi connectivity index (χ0v) is 11.9. The third-order valence-electron chi connectivity index (χ3n) is 3.10. The molecule has 1 heterocycles. The van der Waals surface area contributed by atoms with Gasteiger partial charge in [0.1, 0.15) is 11.0 Å². The van der Waals surface area contributed by atoms with Crippen molar-refractivity contribution in [3.8, 4) is 0 Å². The van der Waals surface area contributed by atoms with E-state index in [0.717, 1.165) is 0 Å². The summed E-state index contributed by atoms with van der Waals surface area (Å²) in [6.45, 7) is 3.34. The first-order valence-corrected chi connectivity index (χ1v) is 6.47. The van der Waals surface area contributed by atoms with Crippen molar-refractivity contribution >= 4 is 23.2 Å². The molecule has 0 fully saturated rings. The largest absolute Gasteiger partial charge is 0.324 e. The minimum absolute atomic E-state index is 0.313. The van der Waals surface area contributed by atoms with Crippen LogP contribution >= 0.6 is 11.6 Å². The van der Waals surface area contributed by atoms with E-state index in [1.165, 1.54) is 12.3 Å². The van der Waals surface area contributed by atoms with Crippen molar-refractivity contribution in [3.05, 3.63) is 59.1 Å². The summed E-state index contributed by atoms with van der Waals surface area (Å²) in [7, 11) is 0. The first kappa shape index (κ1) is 14.5. The van der Waals surface area contributed by atoms with Crippen molar-refractivity contribution in [1.29, 1.82) is 0 Å². The maximum absolute atomic E-state index is 13.8. The van der Waals surface area contributed by atoms with Crippen molar-refractivity contribution < 1.29 is 9.18 Å². The molecule has 0 unspecified atom stereocenters. The lowest BCUT2D eigenvalue weighted by Gasteiger charge is -2.24. The Kier molecular flexibility index (Phi) is 4.04. The molecule has 3 nitrogen and oxygen atoms in total. The van der Waals surface area contributed by atoms with Crippen LogP contribution in [0.25, 0.3) is 0 Å². The summed E-state index contributed by atoms with van der Waals surface area (Å²) in [5.41, 5.74) is -0.131. The zero-order valence-electron chi connectivity index (χ0n) is 11.2. The molecular weight excluding hydrogens is 279 g/mol. The molecular formula is C15H14ClFN2O. The number of anilines is 1. The fraction of sp³-hybridized carbons (Fsp3) is 0.200. The van der Waals surface area contributed by atoms with Gasteiger partial charge in [0.15, 0.2) is 0 Å². The van der Waals surface area contributed by atoms with Gasteiger partial charge in [-0.25, -0.2) is 9.37 Å². The second kappa shape index (κ2) is 5.59. The predicted octanol–water partition coefficient (Wildman–Crippen LogP) is 3.79. The van der Waals surface area contributed by atoms with Crippen LogP contribution in [0.4, 0.5) is 10.1 Å². The van der Waals surface area contributed by atoms with Crippen LogP contribution < -0.4 is 5.32 Å². The number of benzene rings is 1. The van der Waals surface area contributed by atoms with E-state index in [0.29, 0.717) is 16.4 Å². The Balaban J connectivity index is 2.23. The SMILES string of the molecule is CC(C)(C(=O)Nc1ccc(Cl)nc1)c1ccccc1F. The van der Waals surface area contributed by atoms with Crippen LogP contribution in [0.1, 0.15) is 19.4 Å². The van der Waals surface area contributed by atoms with Crippen molar-refractivity contribution in [2.24, 2.45) is 0 Å². The van der Waals surface area contributed by atoms with Gasteiger partial charge >= 0.3 is 0 Å². The van der Waals surface area contributed by atoms with Crippen molar-refractivity contribution in [2.75, 3.05) is 5.32 Å². The monoisotopic (exact) mass is 292 g/mol. The maximum Gasteiger partial charge on any atom is 0.234 e. The van der Waals surface area contributed by atoms with Gasteiger partial charge < -0.3 is 5.32 Å². The number of nitrogens with one attached hydrogen (secondary N) is 1. The minimum Gasteiger partial charge on any atom is -0.324 e. The lowest BCUT2D eigenvalue weighted by Crippen LogP contribution is -2.35. The normalized spacial score (nSPS) is 11.2. The number of pyridine rings is 1. The number of rotatable bonds is 3. The molecule has 20 heavy (non-hydrogen) atoms. The van der Waals surface area contributed by atoms with Crippen LogP contribution in [0.5, 0.6) is 0 Å². The topological polar surface area (TPSA) is 42.0 Å². The van der Waals surface area contributed by atoms with Crippen molar-refractivity contribution in [2.45, 2.75) is 19.3 Å². The molecule has 0 atom stereocenters. The molecule has 0 spiro atoms. The summed E-state index contributed by atoms with van der Waals surface area (Å²) in [6, 6.07) is 9.47. The predicted molar refractivity (Wildman–Crippen MR) is 77.3 cm³/mol. The second-order valence-corrected chi connectivity index (χ2v) is 5.32. The summed E-state index contributed by atoms with van der Waals surface area (Å²) < 4.78 is 13.8. The average Bonchev–Trinajstić information content (AvgIpc) is 2.41. The van der Waals surface area contributed by atoms with Gasteiger partial charge in [-0.1, -0.05) is 29.8 Å². The molecule has 1 amide bonds. The summed E-state index contributed by atoms with van der Waals surface area (Å²) in [5, 5.41) is 3.05. The van der Waals surface area contributed by atoms with Gasteiger partial charge in [0.2, 0.25) is 5.91 Å². The Morgan fingerprint density at radius 2 is 1.95 bits per heavy atom. The number of hydrogen-bond donors (Lipinski definition) is 1. The third kappa shape index (κ3) is 2.96. The van der Waals surface area contributed by atoms with E-state index in [1.807, 2.05) is 0 Å². The second-order valence-electron chi connectivity index (χ2n) is 4.93. The van der Waals surface area contributed by atoms with Crippen LogP contribution in [0, 0.1) is 5.82 Å². The molecule has 1 N–H and O–H groups in total. The van der Waals surface area contributed by atoms with Gasteiger partial charge in [0.05, 0.1) is 17.3 Å². The number of carbonyl (C=O) groups is 1. The van der Waals surface area contributed by atoms with E-state index in [-0.39, 0.29) is 5.91 Å². The highest BCUT2D eigenvalue weighted by Gasteiger charge is 2.32. The number of nitrogens with zero attached hydrogens (tertiary/aromatic N) is 1. The number of aromatic nitrogens is 1. The van der Waals surface area contributed by atoms with Gasteiger partial charge in [-0.05, 0) is 32.0 Å².